The van der Waals surface area contributed by atoms with Gasteiger partial charge in [0.2, 0.25) is 0 Å². The smallest absolute Gasteiger partial charge is 0.115 e. The van der Waals surface area contributed by atoms with Crippen molar-refractivity contribution in [2.45, 2.75) is 0 Å². The number of thiophene rings is 1. The van der Waals surface area contributed by atoms with E-state index in [0.717, 1.165) is 5.46 Å². The summed E-state index contributed by atoms with van der Waals surface area (Å²) >= 11 is 1.72. The highest BCUT2D eigenvalue weighted by atomic mass is 32.1. The van der Waals surface area contributed by atoms with Gasteiger partial charge in [-0.25, -0.2) is 0 Å². The van der Waals surface area contributed by atoms with Crippen molar-refractivity contribution >= 4 is 45.5 Å². The second-order valence-electron chi connectivity index (χ2n) is 3.35. The van der Waals surface area contributed by atoms with Gasteiger partial charge >= 0.3 is 0 Å². The zero-order valence-electron chi connectivity index (χ0n) is 7.53. The Morgan fingerprint density at radius 2 is 1.79 bits per heavy atom. The zero-order valence-corrected chi connectivity index (χ0v) is 8.34. The molecular formula is C12H7BS. The predicted octanol–water partition coefficient (Wildman–Crippen LogP) is 2.85. The summed E-state index contributed by atoms with van der Waals surface area (Å²) in [6, 6.07) is 12.6. The van der Waals surface area contributed by atoms with E-state index in [1.54, 1.807) is 11.3 Å². The van der Waals surface area contributed by atoms with Gasteiger partial charge in [0.1, 0.15) is 7.85 Å². The minimum Gasteiger partial charge on any atom is -0.144 e. The Morgan fingerprint density at radius 1 is 0.929 bits per heavy atom. The molecule has 14 heavy (non-hydrogen) atoms. The van der Waals surface area contributed by atoms with Crippen LogP contribution in [0.2, 0.25) is 0 Å². The van der Waals surface area contributed by atoms with E-state index in [1.165, 1.54) is 20.9 Å². The van der Waals surface area contributed by atoms with Gasteiger partial charge in [0.25, 0.3) is 0 Å². The van der Waals surface area contributed by atoms with Crippen LogP contribution < -0.4 is 5.46 Å². The van der Waals surface area contributed by atoms with E-state index in [9.17, 15) is 0 Å². The van der Waals surface area contributed by atoms with Crippen LogP contribution in [-0.2, 0) is 0 Å². The molecule has 0 aliphatic rings. The van der Waals surface area contributed by atoms with Gasteiger partial charge in [0.15, 0.2) is 0 Å². The molecule has 2 radical (unpaired) electrons. The van der Waals surface area contributed by atoms with E-state index in [2.05, 4.69) is 36.4 Å². The lowest BCUT2D eigenvalue weighted by molar-refractivity contribution is 1.82. The molecule has 0 saturated heterocycles. The molecule has 0 aliphatic carbocycles. The third-order valence-corrected chi connectivity index (χ3v) is 3.54. The molecule has 0 atom stereocenters. The van der Waals surface area contributed by atoms with Crippen LogP contribution in [0.1, 0.15) is 0 Å². The van der Waals surface area contributed by atoms with Gasteiger partial charge in [-0.2, -0.15) is 0 Å². The Kier molecular flexibility index (Phi) is 1.65. The third kappa shape index (κ3) is 1.01. The van der Waals surface area contributed by atoms with Crippen LogP contribution in [-0.4, -0.2) is 7.85 Å². The highest BCUT2D eigenvalue weighted by Crippen LogP contribution is 2.27. The highest BCUT2D eigenvalue weighted by Gasteiger charge is 2.02. The summed E-state index contributed by atoms with van der Waals surface area (Å²) in [5.41, 5.74) is 0.885. The lowest BCUT2D eigenvalue weighted by atomic mass is 9.94. The molecule has 0 aliphatic heterocycles. The Bertz CT molecular complexity index is 610. The number of benzene rings is 2. The van der Waals surface area contributed by atoms with E-state index >= 15 is 0 Å². The number of hydrogen-bond donors (Lipinski definition) is 0. The Labute approximate surface area is 87.6 Å². The van der Waals surface area contributed by atoms with Crippen molar-refractivity contribution in [1.29, 1.82) is 0 Å². The molecule has 1 aromatic heterocycles. The molecule has 0 spiro atoms. The van der Waals surface area contributed by atoms with Gasteiger partial charge in [0.05, 0.1) is 0 Å². The largest absolute Gasteiger partial charge is 0.144 e. The van der Waals surface area contributed by atoms with Gasteiger partial charge in [-0.05, 0) is 21.5 Å². The molecule has 1 heterocycles. The molecule has 0 N–H and O–H groups in total. The summed E-state index contributed by atoms with van der Waals surface area (Å²) in [6.07, 6.45) is 0. The van der Waals surface area contributed by atoms with Crippen molar-refractivity contribution in [3.05, 3.63) is 41.8 Å². The summed E-state index contributed by atoms with van der Waals surface area (Å²) in [7, 11) is 5.88. The molecule has 3 aromatic rings. The average Bonchev–Trinajstić information content (AvgIpc) is 2.61. The first-order valence-corrected chi connectivity index (χ1v) is 5.38. The normalized spacial score (nSPS) is 11.1. The summed E-state index contributed by atoms with van der Waals surface area (Å²) in [5.74, 6) is 0. The fourth-order valence-corrected chi connectivity index (χ4v) is 2.78. The molecule has 0 fully saturated rings. The molecule has 0 bridgehead atoms. The van der Waals surface area contributed by atoms with Gasteiger partial charge < -0.3 is 0 Å². The molecule has 0 amide bonds. The number of fused-ring (bicyclic) bond motifs is 3. The van der Waals surface area contributed by atoms with Crippen LogP contribution in [0.4, 0.5) is 0 Å². The molecule has 3 rings (SSSR count). The van der Waals surface area contributed by atoms with E-state index < -0.39 is 0 Å². The zero-order chi connectivity index (χ0) is 9.54. The van der Waals surface area contributed by atoms with Gasteiger partial charge in [-0.3, -0.25) is 0 Å². The van der Waals surface area contributed by atoms with Crippen LogP contribution in [0.25, 0.3) is 20.9 Å². The van der Waals surface area contributed by atoms with Gasteiger partial charge in [0, 0.05) is 4.70 Å². The van der Waals surface area contributed by atoms with Crippen molar-refractivity contribution in [1.82, 2.24) is 0 Å². The Balaban J connectivity index is 2.61. The van der Waals surface area contributed by atoms with E-state index in [0.29, 0.717) is 0 Å². The fourth-order valence-electron chi connectivity index (χ4n) is 1.78. The molecule has 2 heteroatoms. The molecule has 2 aromatic carbocycles. The maximum atomic E-state index is 5.88. The lowest BCUT2D eigenvalue weighted by Crippen LogP contribution is -1.96. The summed E-state index contributed by atoms with van der Waals surface area (Å²) < 4.78 is 1.29. The second-order valence-corrected chi connectivity index (χ2v) is 4.23. The van der Waals surface area contributed by atoms with Crippen LogP contribution in [0, 0.1) is 0 Å². The highest BCUT2D eigenvalue weighted by molar-refractivity contribution is 7.19. The average molecular weight is 194 g/mol. The van der Waals surface area contributed by atoms with Crippen molar-refractivity contribution in [3.63, 3.8) is 0 Å². The topological polar surface area (TPSA) is 0 Å². The van der Waals surface area contributed by atoms with Crippen molar-refractivity contribution in [3.8, 4) is 0 Å². The van der Waals surface area contributed by atoms with Gasteiger partial charge in [-0.1, -0.05) is 41.9 Å². The summed E-state index contributed by atoms with van der Waals surface area (Å²) in [6.45, 7) is 0. The fraction of sp³-hybridized carbons (Fsp3) is 0. The number of hydrogen-bond acceptors (Lipinski definition) is 1. The minimum atomic E-state index is 0.885. The van der Waals surface area contributed by atoms with E-state index in [4.69, 9.17) is 7.85 Å². The van der Waals surface area contributed by atoms with Crippen LogP contribution >= 0.6 is 11.3 Å². The monoisotopic (exact) mass is 194 g/mol. The summed E-state index contributed by atoms with van der Waals surface area (Å²) in [5, 5.41) is 5.76. The molecule has 64 valence electrons. The first-order chi connectivity index (χ1) is 6.86. The predicted molar refractivity (Wildman–Crippen MR) is 64.7 cm³/mol. The molecule has 0 unspecified atom stereocenters. The Hall–Kier alpha value is -1.28. The first-order valence-electron chi connectivity index (χ1n) is 4.51. The van der Waals surface area contributed by atoms with Crippen LogP contribution in [0.5, 0.6) is 0 Å². The SMILES string of the molecule is [B]c1csc2c1ccc1ccccc12. The minimum absolute atomic E-state index is 0.885. The van der Waals surface area contributed by atoms with Crippen molar-refractivity contribution in [2.24, 2.45) is 0 Å². The van der Waals surface area contributed by atoms with E-state index in [1.807, 2.05) is 5.38 Å². The standard InChI is InChI=1S/C12H7BS/c13-11-7-14-12-9-4-2-1-3-8(9)5-6-10(11)12/h1-7H. The maximum absolute atomic E-state index is 5.88. The van der Waals surface area contributed by atoms with Crippen LogP contribution in [0.15, 0.2) is 41.8 Å². The first kappa shape index (κ1) is 8.07. The second kappa shape index (κ2) is 2.86. The van der Waals surface area contributed by atoms with Crippen molar-refractivity contribution < 1.29 is 0 Å². The number of rotatable bonds is 0. The molecule has 0 nitrogen and oxygen atoms in total. The molecular weight excluding hydrogens is 187 g/mol. The molecule has 0 saturated carbocycles. The Morgan fingerprint density at radius 3 is 2.71 bits per heavy atom. The van der Waals surface area contributed by atoms with Gasteiger partial charge in [-0.15, -0.1) is 11.3 Å². The maximum Gasteiger partial charge on any atom is 0.115 e. The summed E-state index contributed by atoms with van der Waals surface area (Å²) in [4.78, 5) is 0. The lowest BCUT2D eigenvalue weighted by Gasteiger charge is -1.98. The van der Waals surface area contributed by atoms with Crippen molar-refractivity contribution in [2.75, 3.05) is 0 Å². The van der Waals surface area contributed by atoms with Crippen LogP contribution in [0.3, 0.4) is 0 Å². The van der Waals surface area contributed by atoms with E-state index in [-0.39, 0.29) is 0 Å². The third-order valence-electron chi connectivity index (χ3n) is 2.49. The quantitative estimate of drug-likeness (QED) is 0.482.